The average Bonchev–Trinajstić information content (AvgIpc) is 2.81. The first-order valence-corrected chi connectivity index (χ1v) is 6.67. The van der Waals surface area contributed by atoms with Gasteiger partial charge in [-0.05, 0) is 24.6 Å². The highest BCUT2D eigenvalue weighted by molar-refractivity contribution is 6.42. The number of hydrogen-bond donors (Lipinski definition) is 1. The molecule has 0 spiro atoms. The summed E-state index contributed by atoms with van der Waals surface area (Å²) in [5, 5.41) is 14.4. The Morgan fingerprint density at radius 1 is 1.26 bits per heavy atom. The summed E-state index contributed by atoms with van der Waals surface area (Å²) in [6.07, 6.45) is -0.0225. The van der Waals surface area contributed by atoms with Crippen molar-refractivity contribution < 1.29 is 9.63 Å². The predicted octanol–water partition coefficient (Wildman–Crippen LogP) is 3.45. The van der Waals surface area contributed by atoms with Gasteiger partial charge in [-0.2, -0.15) is 4.98 Å². The van der Waals surface area contributed by atoms with E-state index in [2.05, 4.69) is 10.1 Å². The molecule has 4 nitrogen and oxygen atoms in total. The van der Waals surface area contributed by atoms with Crippen molar-refractivity contribution in [3.05, 3.63) is 45.5 Å². The van der Waals surface area contributed by atoms with Gasteiger partial charge in [-0.15, -0.1) is 0 Å². The van der Waals surface area contributed by atoms with Crippen LogP contribution in [-0.2, 0) is 6.42 Å². The lowest BCUT2D eigenvalue weighted by Gasteiger charge is -2.08. The van der Waals surface area contributed by atoms with E-state index in [0.29, 0.717) is 28.2 Å². The number of aliphatic hydroxyl groups excluding tert-OH is 1. The molecular formula is C13H14Cl2N2O2. The lowest BCUT2D eigenvalue weighted by Crippen LogP contribution is -2.11. The second-order valence-electron chi connectivity index (χ2n) is 4.50. The number of hydrogen-bond acceptors (Lipinski definition) is 4. The Kier molecular flexibility index (Phi) is 4.45. The molecule has 2 unspecified atom stereocenters. The number of aromatic nitrogens is 2. The number of halogens is 2. The van der Waals surface area contributed by atoms with Gasteiger partial charge in [0.15, 0.2) is 5.82 Å². The summed E-state index contributed by atoms with van der Waals surface area (Å²) in [7, 11) is 0. The van der Waals surface area contributed by atoms with E-state index in [-0.39, 0.29) is 5.92 Å². The van der Waals surface area contributed by atoms with E-state index in [1.165, 1.54) is 0 Å². The zero-order valence-corrected chi connectivity index (χ0v) is 12.1. The van der Waals surface area contributed by atoms with E-state index in [4.69, 9.17) is 27.7 Å². The van der Waals surface area contributed by atoms with E-state index in [0.717, 1.165) is 5.56 Å². The van der Waals surface area contributed by atoms with Crippen LogP contribution in [0.1, 0.15) is 37.0 Å². The highest BCUT2D eigenvalue weighted by Gasteiger charge is 2.18. The predicted molar refractivity (Wildman–Crippen MR) is 73.7 cm³/mol. The molecule has 0 radical (unpaired) electrons. The molecule has 0 amide bonds. The molecule has 1 aromatic carbocycles. The van der Waals surface area contributed by atoms with Crippen LogP contribution in [0.5, 0.6) is 0 Å². The zero-order chi connectivity index (χ0) is 14.0. The molecule has 2 atom stereocenters. The minimum atomic E-state index is -0.529. The van der Waals surface area contributed by atoms with E-state index < -0.39 is 6.10 Å². The molecule has 1 aromatic heterocycles. The summed E-state index contributed by atoms with van der Waals surface area (Å²) in [6.45, 7) is 3.52. The van der Waals surface area contributed by atoms with Gasteiger partial charge >= 0.3 is 0 Å². The van der Waals surface area contributed by atoms with E-state index in [9.17, 15) is 5.11 Å². The second kappa shape index (κ2) is 5.90. The second-order valence-corrected chi connectivity index (χ2v) is 5.32. The molecule has 0 aliphatic heterocycles. The minimum absolute atomic E-state index is 0.185. The average molecular weight is 301 g/mol. The van der Waals surface area contributed by atoms with Crippen molar-refractivity contribution in [2.75, 3.05) is 0 Å². The standard InChI is InChI=1S/C13H14Cl2N2O2/c1-7(8(2)18)13-16-12(17-19-13)6-9-3-4-10(14)11(15)5-9/h3-5,7-8,18H,6H2,1-2H3. The molecule has 0 aliphatic rings. The molecule has 1 heterocycles. The maximum Gasteiger partial charge on any atom is 0.232 e. The summed E-state index contributed by atoms with van der Waals surface area (Å²) in [5.74, 6) is 0.806. The smallest absolute Gasteiger partial charge is 0.232 e. The molecule has 102 valence electrons. The van der Waals surface area contributed by atoms with Gasteiger partial charge in [-0.25, -0.2) is 0 Å². The lowest BCUT2D eigenvalue weighted by atomic mass is 10.1. The van der Waals surface area contributed by atoms with Gasteiger partial charge in [0.1, 0.15) is 0 Å². The first-order chi connectivity index (χ1) is 8.97. The van der Waals surface area contributed by atoms with Crippen molar-refractivity contribution in [2.24, 2.45) is 0 Å². The SMILES string of the molecule is CC(O)C(C)c1nc(Cc2ccc(Cl)c(Cl)c2)no1. The maximum absolute atomic E-state index is 9.48. The van der Waals surface area contributed by atoms with Crippen LogP contribution in [0.4, 0.5) is 0 Å². The minimum Gasteiger partial charge on any atom is -0.393 e. The number of nitrogens with zero attached hydrogens (tertiary/aromatic N) is 2. The summed E-state index contributed by atoms with van der Waals surface area (Å²) >= 11 is 11.8. The summed E-state index contributed by atoms with van der Waals surface area (Å²) < 4.78 is 5.13. The molecule has 0 saturated carbocycles. The van der Waals surface area contributed by atoms with Gasteiger partial charge in [0.25, 0.3) is 0 Å². The molecule has 0 fully saturated rings. The summed E-state index contributed by atoms with van der Waals surface area (Å²) in [5.41, 5.74) is 0.950. The molecule has 2 aromatic rings. The molecule has 19 heavy (non-hydrogen) atoms. The van der Waals surface area contributed by atoms with Crippen molar-refractivity contribution in [3.63, 3.8) is 0 Å². The molecule has 6 heteroatoms. The summed E-state index contributed by atoms with van der Waals surface area (Å²) in [4.78, 5) is 4.26. The molecule has 0 aliphatic carbocycles. The van der Waals surface area contributed by atoms with Crippen LogP contribution in [-0.4, -0.2) is 21.4 Å². The van der Waals surface area contributed by atoms with Crippen LogP contribution in [0.25, 0.3) is 0 Å². The van der Waals surface area contributed by atoms with Crippen LogP contribution >= 0.6 is 23.2 Å². The monoisotopic (exact) mass is 300 g/mol. The van der Waals surface area contributed by atoms with Crippen LogP contribution < -0.4 is 0 Å². The van der Waals surface area contributed by atoms with Gasteiger partial charge in [0.05, 0.1) is 22.1 Å². The third kappa shape index (κ3) is 3.47. The molecule has 2 rings (SSSR count). The first-order valence-electron chi connectivity index (χ1n) is 5.92. The fourth-order valence-electron chi connectivity index (χ4n) is 1.56. The Bertz CT molecular complexity index is 570. The van der Waals surface area contributed by atoms with E-state index in [1.807, 2.05) is 13.0 Å². The normalized spacial score (nSPS) is 14.4. The number of aliphatic hydroxyl groups is 1. The molecular weight excluding hydrogens is 287 g/mol. The van der Waals surface area contributed by atoms with Crippen molar-refractivity contribution in [3.8, 4) is 0 Å². The molecule has 0 bridgehead atoms. The van der Waals surface area contributed by atoms with E-state index in [1.54, 1.807) is 19.1 Å². The Balaban J connectivity index is 2.13. The number of rotatable bonds is 4. The van der Waals surface area contributed by atoms with Crippen LogP contribution in [0.15, 0.2) is 22.7 Å². The Hall–Kier alpha value is -1.10. The summed E-state index contributed by atoms with van der Waals surface area (Å²) in [6, 6.07) is 5.37. The fraction of sp³-hybridized carbons (Fsp3) is 0.385. The van der Waals surface area contributed by atoms with E-state index >= 15 is 0 Å². The molecule has 0 saturated heterocycles. The Labute approximate surface area is 121 Å². The first kappa shape index (κ1) is 14.3. The highest BCUT2D eigenvalue weighted by Crippen LogP contribution is 2.24. The molecule has 1 N–H and O–H groups in total. The van der Waals surface area contributed by atoms with Crippen LogP contribution in [0, 0.1) is 0 Å². The topological polar surface area (TPSA) is 59.2 Å². The van der Waals surface area contributed by atoms with Crippen LogP contribution in [0.2, 0.25) is 10.0 Å². The maximum atomic E-state index is 9.48. The van der Waals surface area contributed by atoms with Gasteiger partial charge in [-0.3, -0.25) is 0 Å². The van der Waals surface area contributed by atoms with Gasteiger partial charge in [0.2, 0.25) is 5.89 Å². The lowest BCUT2D eigenvalue weighted by molar-refractivity contribution is 0.151. The Morgan fingerprint density at radius 3 is 2.63 bits per heavy atom. The quantitative estimate of drug-likeness (QED) is 0.939. The fourth-order valence-corrected chi connectivity index (χ4v) is 1.88. The van der Waals surface area contributed by atoms with Crippen molar-refractivity contribution in [1.82, 2.24) is 10.1 Å². The van der Waals surface area contributed by atoms with Gasteiger partial charge in [-0.1, -0.05) is 41.3 Å². The zero-order valence-electron chi connectivity index (χ0n) is 10.6. The van der Waals surface area contributed by atoms with Crippen molar-refractivity contribution >= 4 is 23.2 Å². The highest BCUT2D eigenvalue weighted by atomic mass is 35.5. The third-order valence-corrected chi connectivity index (χ3v) is 3.68. The largest absolute Gasteiger partial charge is 0.393 e. The van der Waals surface area contributed by atoms with Crippen molar-refractivity contribution in [1.29, 1.82) is 0 Å². The third-order valence-electron chi connectivity index (χ3n) is 2.94. The Morgan fingerprint density at radius 2 is 2.00 bits per heavy atom. The van der Waals surface area contributed by atoms with Gasteiger partial charge < -0.3 is 9.63 Å². The number of benzene rings is 1. The van der Waals surface area contributed by atoms with Gasteiger partial charge in [0, 0.05) is 6.42 Å². The van der Waals surface area contributed by atoms with Crippen molar-refractivity contribution in [2.45, 2.75) is 32.3 Å². The van der Waals surface area contributed by atoms with Crippen LogP contribution in [0.3, 0.4) is 0 Å².